The van der Waals surface area contributed by atoms with Gasteiger partial charge in [0.2, 0.25) is 0 Å². The van der Waals surface area contributed by atoms with Gasteiger partial charge in [0.15, 0.2) is 0 Å². The number of benzene rings is 1. The number of rotatable bonds is 1. The number of hydrogen-bond donors (Lipinski definition) is 1. The van der Waals surface area contributed by atoms with E-state index in [0.717, 1.165) is 12.5 Å². The van der Waals surface area contributed by atoms with Crippen molar-refractivity contribution in [3.8, 4) is 0 Å². The van der Waals surface area contributed by atoms with E-state index in [1.165, 1.54) is 27.7 Å². The maximum atomic E-state index is 3.41. The predicted molar refractivity (Wildman–Crippen MR) is 64.1 cm³/mol. The molecule has 0 bridgehead atoms. The second-order valence-corrected chi connectivity index (χ2v) is 5.00. The largest absolute Gasteiger partial charge is 0.316 e. The third kappa shape index (κ3) is 2.23. The van der Waals surface area contributed by atoms with E-state index in [0.29, 0.717) is 0 Å². The molecule has 1 aromatic carbocycles. The normalized spacial score (nSPS) is 22.2. The van der Waals surface area contributed by atoms with Crippen molar-refractivity contribution in [1.29, 1.82) is 0 Å². The molecular formula is C11H14IN. The maximum Gasteiger partial charge on any atom is 0.0135 e. The van der Waals surface area contributed by atoms with Gasteiger partial charge in [-0.1, -0.05) is 6.07 Å². The first-order valence-corrected chi connectivity index (χ1v) is 5.81. The minimum absolute atomic E-state index is 0.744. The van der Waals surface area contributed by atoms with Gasteiger partial charge in [-0.25, -0.2) is 0 Å². The summed E-state index contributed by atoms with van der Waals surface area (Å²) in [5.74, 6) is 0.744. The molecule has 0 saturated carbocycles. The van der Waals surface area contributed by atoms with Crippen molar-refractivity contribution < 1.29 is 0 Å². The highest BCUT2D eigenvalue weighted by Crippen LogP contribution is 2.24. The van der Waals surface area contributed by atoms with Crippen LogP contribution in [-0.4, -0.2) is 13.1 Å². The lowest BCUT2D eigenvalue weighted by Gasteiger charge is -2.10. The number of hydrogen-bond acceptors (Lipinski definition) is 1. The molecule has 0 spiro atoms. The molecule has 13 heavy (non-hydrogen) atoms. The van der Waals surface area contributed by atoms with E-state index in [1.54, 1.807) is 0 Å². The van der Waals surface area contributed by atoms with Crippen LogP contribution in [0.2, 0.25) is 0 Å². The van der Waals surface area contributed by atoms with Crippen molar-refractivity contribution in [2.24, 2.45) is 0 Å². The summed E-state index contributed by atoms with van der Waals surface area (Å²) in [6.07, 6.45) is 1.29. The van der Waals surface area contributed by atoms with Crippen molar-refractivity contribution >= 4 is 22.6 Å². The standard InChI is InChI=1S/C11H14IN/c1-8-4-10(6-11(12)5-8)9-2-3-13-7-9/h4-6,9,13H,2-3,7H2,1H3. The average molecular weight is 287 g/mol. The Morgan fingerprint density at radius 2 is 2.23 bits per heavy atom. The number of nitrogens with one attached hydrogen (secondary N) is 1. The molecule has 1 aliphatic heterocycles. The van der Waals surface area contributed by atoms with Gasteiger partial charge < -0.3 is 5.32 Å². The van der Waals surface area contributed by atoms with Gasteiger partial charge in [-0.3, -0.25) is 0 Å². The molecule has 1 fully saturated rings. The minimum atomic E-state index is 0.744. The Bertz CT molecular complexity index is 283. The lowest BCUT2D eigenvalue weighted by molar-refractivity contribution is 0.762. The maximum absolute atomic E-state index is 3.41. The SMILES string of the molecule is Cc1cc(I)cc(C2CCNC2)c1. The van der Waals surface area contributed by atoms with Crippen molar-refractivity contribution in [2.45, 2.75) is 19.3 Å². The highest BCUT2D eigenvalue weighted by Gasteiger charge is 2.16. The summed E-state index contributed by atoms with van der Waals surface area (Å²) in [5.41, 5.74) is 2.89. The first-order chi connectivity index (χ1) is 6.25. The van der Waals surface area contributed by atoms with Gasteiger partial charge in [0.1, 0.15) is 0 Å². The van der Waals surface area contributed by atoms with Crippen LogP contribution in [0.5, 0.6) is 0 Å². The van der Waals surface area contributed by atoms with Crippen LogP contribution in [0.3, 0.4) is 0 Å². The van der Waals surface area contributed by atoms with E-state index in [-0.39, 0.29) is 0 Å². The van der Waals surface area contributed by atoms with E-state index >= 15 is 0 Å². The molecule has 1 heterocycles. The molecule has 0 aromatic heterocycles. The van der Waals surface area contributed by atoms with Crippen LogP contribution in [0.25, 0.3) is 0 Å². The lowest BCUT2D eigenvalue weighted by atomic mass is 9.97. The summed E-state index contributed by atoms with van der Waals surface area (Å²) < 4.78 is 1.36. The van der Waals surface area contributed by atoms with E-state index in [2.05, 4.69) is 53.0 Å². The van der Waals surface area contributed by atoms with Crippen molar-refractivity contribution in [3.63, 3.8) is 0 Å². The monoisotopic (exact) mass is 287 g/mol. The fraction of sp³-hybridized carbons (Fsp3) is 0.455. The Morgan fingerprint density at radius 3 is 2.85 bits per heavy atom. The Morgan fingerprint density at radius 1 is 1.38 bits per heavy atom. The van der Waals surface area contributed by atoms with Crippen LogP contribution in [-0.2, 0) is 0 Å². The molecule has 0 radical (unpaired) electrons. The molecule has 1 nitrogen and oxygen atoms in total. The highest BCUT2D eigenvalue weighted by atomic mass is 127. The number of halogens is 1. The summed E-state index contributed by atoms with van der Waals surface area (Å²) in [6.45, 7) is 4.50. The highest BCUT2D eigenvalue weighted by molar-refractivity contribution is 14.1. The van der Waals surface area contributed by atoms with Crippen LogP contribution >= 0.6 is 22.6 Å². The Kier molecular flexibility index (Phi) is 2.89. The molecule has 1 aliphatic rings. The summed E-state index contributed by atoms with van der Waals surface area (Å²) in [7, 11) is 0. The van der Waals surface area contributed by atoms with Crippen LogP contribution in [0.15, 0.2) is 18.2 Å². The van der Waals surface area contributed by atoms with E-state index in [9.17, 15) is 0 Å². The second-order valence-electron chi connectivity index (χ2n) is 3.75. The smallest absolute Gasteiger partial charge is 0.0135 e. The van der Waals surface area contributed by atoms with Crippen LogP contribution in [0.1, 0.15) is 23.5 Å². The van der Waals surface area contributed by atoms with Gasteiger partial charge in [-0.15, -0.1) is 0 Å². The van der Waals surface area contributed by atoms with Crippen molar-refractivity contribution in [2.75, 3.05) is 13.1 Å². The van der Waals surface area contributed by atoms with Gasteiger partial charge in [-0.2, -0.15) is 0 Å². The zero-order valence-electron chi connectivity index (χ0n) is 7.81. The van der Waals surface area contributed by atoms with Crippen molar-refractivity contribution in [1.82, 2.24) is 5.32 Å². The third-order valence-corrected chi connectivity index (χ3v) is 3.22. The fourth-order valence-corrected chi connectivity index (χ4v) is 2.79. The molecule has 0 amide bonds. The third-order valence-electron chi connectivity index (χ3n) is 2.60. The van der Waals surface area contributed by atoms with Gasteiger partial charge >= 0.3 is 0 Å². The van der Waals surface area contributed by atoms with E-state index in [1.807, 2.05) is 0 Å². The van der Waals surface area contributed by atoms with E-state index < -0.39 is 0 Å². The molecule has 1 saturated heterocycles. The molecule has 2 rings (SSSR count). The molecular weight excluding hydrogens is 273 g/mol. The molecule has 1 atom stereocenters. The second kappa shape index (κ2) is 3.96. The van der Waals surface area contributed by atoms with Crippen LogP contribution in [0, 0.1) is 10.5 Å². The summed E-state index contributed by atoms with van der Waals surface area (Å²) >= 11 is 2.40. The summed E-state index contributed by atoms with van der Waals surface area (Å²) in [6, 6.07) is 6.86. The quantitative estimate of drug-likeness (QED) is 0.783. The molecule has 1 N–H and O–H groups in total. The van der Waals surface area contributed by atoms with Gasteiger partial charge in [0, 0.05) is 10.1 Å². The van der Waals surface area contributed by atoms with Crippen LogP contribution < -0.4 is 5.32 Å². The van der Waals surface area contributed by atoms with Gasteiger partial charge in [0.05, 0.1) is 0 Å². The number of aryl methyl sites for hydroxylation is 1. The molecule has 70 valence electrons. The molecule has 1 unspecified atom stereocenters. The zero-order valence-corrected chi connectivity index (χ0v) is 9.97. The average Bonchev–Trinajstić information content (AvgIpc) is 2.53. The summed E-state index contributed by atoms with van der Waals surface area (Å²) in [5, 5.41) is 3.41. The van der Waals surface area contributed by atoms with Crippen molar-refractivity contribution in [3.05, 3.63) is 32.9 Å². The van der Waals surface area contributed by atoms with E-state index in [4.69, 9.17) is 0 Å². The lowest BCUT2D eigenvalue weighted by Crippen LogP contribution is -2.08. The zero-order chi connectivity index (χ0) is 9.26. The first-order valence-electron chi connectivity index (χ1n) is 4.73. The topological polar surface area (TPSA) is 12.0 Å². The predicted octanol–water partition coefficient (Wildman–Crippen LogP) is 2.68. The minimum Gasteiger partial charge on any atom is -0.316 e. The van der Waals surface area contributed by atoms with Gasteiger partial charge in [0.25, 0.3) is 0 Å². The molecule has 0 aliphatic carbocycles. The fourth-order valence-electron chi connectivity index (χ4n) is 1.94. The van der Waals surface area contributed by atoms with Crippen LogP contribution in [0.4, 0.5) is 0 Å². The Labute approximate surface area is 93.1 Å². The first kappa shape index (κ1) is 9.46. The Hall–Kier alpha value is -0.0900. The molecule has 1 aromatic rings. The molecule has 2 heteroatoms. The van der Waals surface area contributed by atoms with Gasteiger partial charge in [-0.05, 0) is 71.7 Å². The Balaban J connectivity index is 2.28. The summed E-state index contributed by atoms with van der Waals surface area (Å²) in [4.78, 5) is 0.